The molecule has 126 valence electrons. The smallest absolute Gasteiger partial charge is 0.239 e. The molecular formula is C18H26N2O3. The second-order valence-corrected chi connectivity index (χ2v) is 5.76. The molecule has 2 unspecified atom stereocenters. The third kappa shape index (κ3) is 4.55. The maximum Gasteiger partial charge on any atom is 0.239 e. The number of hydrogen-bond acceptors (Lipinski definition) is 3. The number of carbonyl (C=O) groups is 2. The van der Waals surface area contributed by atoms with Crippen LogP contribution in [0.5, 0.6) is 0 Å². The van der Waals surface area contributed by atoms with E-state index in [0.717, 1.165) is 18.4 Å². The molecule has 0 bridgehead atoms. The first-order chi connectivity index (χ1) is 11.2. The van der Waals surface area contributed by atoms with Gasteiger partial charge < -0.3 is 15.0 Å². The second kappa shape index (κ2) is 8.67. The fourth-order valence-corrected chi connectivity index (χ4v) is 3.01. The number of nitrogens with zero attached hydrogens (tertiary/aromatic N) is 1. The van der Waals surface area contributed by atoms with Crippen molar-refractivity contribution in [2.45, 2.75) is 32.8 Å². The first kappa shape index (κ1) is 17.5. The quantitative estimate of drug-likeness (QED) is 0.874. The lowest BCUT2D eigenvalue weighted by molar-refractivity contribution is -0.147. The molecule has 0 saturated carbocycles. The summed E-state index contributed by atoms with van der Waals surface area (Å²) in [5, 5.41) is 2.75. The van der Waals surface area contributed by atoms with Crippen molar-refractivity contribution in [2.24, 2.45) is 5.92 Å². The van der Waals surface area contributed by atoms with Gasteiger partial charge in [-0.25, -0.2) is 0 Å². The summed E-state index contributed by atoms with van der Waals surface area (Å²) in [5.74, 6) is -0.330. The van der Waals surface area contributed by atoms with Crippen molar-refractivity contribution in [3.05, 3.63) is 35.9 Å². The first-order valence-corrected chi connectivity index (χ1v) is 8.39. The predicted molar refractivity (Wildman–Crippen MR) is 88.8 cm³/mol. The van der Waals surface area contributed by atoms with Gasteiger partial charge in [0.2, 0.25) is 11.8 Å². The van der Waals surface area contributed by atoms with Crippen LogP contribution in [0.4, 0.5) is 0 Å². The summed E-state index contributed by atoms with van der Waals surface area (Å²) in [7, 11) is 0. The molecule has 1 aliphatic rings. The molecule has 1 aliphatic heterocycles. The van der Waals surface area contributed by atoms with Gasteiger partial charge in [-0.15, -0.1) is 0 Å². The first-order valence-electron chi connectivity index (χ1n) is 8.39. The summed E-state index contributed by atoms with van der Waals surface area (Å²) in [4.78, 5) is 26.4. The van der Waals surface area contributed by atoms with E-state index in [-0.39, 0.29) is 30.4 Å². The Labute approximate surface area is 138 Å². The van der Waals surface area contributed by atoms with Gasteiger partial charge in [0, 0.05) is 19.7 Å². The van der Waals surface area contributed by atoms with Crippen molar-refractivity contribution in [2.75, 3.05) is 26.2 Å². The molecule has 0 spiro atoms. The summed E-state index contributed by atoms with van der Waals surface area (Å²) in [6.07, 6.45) is 1.45. The van der Waals surface area contributed by atoms with Gasteiger partial charge in [-0.2, -0.15) is 0 Å². The zero-order chi connectivity index (χ0) is 16.7. The second-order valence-electron chi connectivity index (χ2n) is 5.76. The van der Waals surface area contributed by atoms with Crippen molar-refractivity contribution in [3.63, 3.8) is 0 Å². The Balaban J connectivity index is 2.12. The maximum absolute atomic E-state index is 12.9. The van der Waals surface area contributed by atoms with Crippen molar-refractivity contribution >= 4 is 11.8 Å². The van der Waals surface area contributed by atoms with Crippen LogP contribution in [-0.2, 0) is 14.3 Å². The number of carbonyl (C=O) groups excluding carboxylic acids is 2. The normalized spacial score (nSPS) is 20.8. The van der Waals surface area contributed by atoms with Crippen LogP contribution in [0.15, 0.2) is 30.3 Å². The number of ether oxygens (including phenoxy) is 1. The predicted octanol–water partition coefficient (Wildman–Crippen LogP) is 2.14. The number of amides is 2. The summed E-state index contributed by atoms with van der Waals surface area (Å²) >= 11 is 0. The van der Waals surface area contributed by atoms with Crippen molar-refractivity contribution < 1.29 is 14.3 Å². The lowest BCUT2D eigenvalue weighted by Gasteiger charge is -2.34. The highest BCUT2D eigenvalue weighted by Gasteiger charge is 2.35. The van der Waals surface area contributed by atoms with Crippen LogP contribution in [0.3, 0.4) is 0 Å². The number of benzene rings is 1. The molecular weight excluding hydrogens is 292 g/mol. The molecule has 1 aromatic carbocycles. The average Bonchev–Trinajstić information content (AvgIpc) is 2.60. The highest BCUT2D eigenvalue weighted by Crippen LogP contribution is 2.34. The molecule has 0 aliphatic carbocycles. The molecule has 1 heterocycles. The van der Waals surface area contributed by atoms with Gasteiger partial charge in [0.25, 0.3) is 0 Å². The van der Waals surface area contributed by atoms with E-state index in [4.69, 9.17) is 4.74 Å². The molecule has 1 saturated heterocycles. The van der Waals surface area contributed by atoms with Gasteiger partial charge >= 0.3 is 0 Å². The molecule has 2 amide bonds. The van der Waals surface area contributed by atoms with Crippen LogP contribution in [0, 0.1) is 5.92 Å². The third-order valence-electron chi connectivity index (χ3n) is 4.17. The van der Waals surface area contributed by atoms with E-state index < -0.39 is 0 Å². The Hall–Kier alpha value is -1.88. The molecule has 2 atom stereocenters. The molecule has 1 N–H and O–H groups in total. The fraction of sp³-hybridized carbons (Fsp3) is 0.556. The standard InChI is InChI=1S/C18H26N2O3/c1-3-19-16(21)13-20(4-2)18(22)15-11-8-12-23-17(15)14-9-6-5-7-10-14/h5-7,9-10,15,17H,3-4,8,11-13H2,1-2H3,(H,19,21). The van der Waals surface area contributed by atoms with E-state index in [0.29, 0.717) is 19.7 Å². The Kier molecular flexibility index (Phi) is 6.59. The third-order valence-corrected chi connectivity index (χ3v) is 4.17. The van der Waals surface area contributed by atoms with Crippen molar-refractivity contribution in [1.29, 1.82) is 0 Å². The summed E-state index contributed by atoms with van der Waals surface area (Å²) in [6.45, 7) is 5.65. The monoisotopic (exact) mass is 318 g/mol. The summed E-state index contributed by atoms with van der Waals surface area (Å²) in [5.41, 5.74) is 1.03. The minimum Gasteiger partial charge on any atom is -0.373 e. The van der Waals surface area contributed by atoms with E-state index in [1.165, 1.54) is 0 Å². The van der Waals surface area contributed by atoms with Gasteiger partial charge in [0.1, 0.15) is 0 Å². The van der Waals surface area contributed by atoms with Crippen LogP contribution in [0.2, 0.25) is 0 Å². The lowest BCUT2D eigenvalue weighted by atomic mass is 9.88. The van der Waals surface area contributed by atoms with Crippen LogP contribution >= 0.6 is 0 Å². The van der Waals surface area contributed by atoms with Crippen molar-refractivity contribution in [1.82, 2.24) is 10.2 Å². The fourth-order valence-electron chi connectivity index (χ4n) is 3.01. The Morgan fingerprint density at radius 3 is 2.65 bits per heavy atom. The SMILES string of the molecule is CCNC(=O)CN(CC)C(=O)C1CCCOC1c1ccccc1. The molecule has 0 aromatic heterocycles. The maximum atomic E-state index is 12.9. The molecule has 2 rings (SSSR count). The van der Waals surface area contributed by atoms with Crippen LogP contribution in [-0.4, -0.2) is 43.0 Å². The molecule has 0 radical (unpaired) electrons. The Morgan fingerprint density at radius 2 is 2.00 bits per heavy atom. The minimum absolute atomic E-state index is 0.00676. The number of rotatable bonds is 6. The molecule has 1 fully saturated rings. The Morgan fingerprint density at radius 1 is 1.26 bits per heavy atom. The van der Waals surface area contributed by atoms with E-state index in [1.807, 2.05) is 44.2 Å². The van der Waals surface area contributed by atoms with Crippen LogP contribution in [0.25, 0.3) is 0 Å². The van der Waals surface area contributed by atoms with Gasteiger partial charge in [0.15, 0.2) is 0 Å². The molecule has 5 nitrogen and oxygen atoms in total. The van der Waals surface area contributed by atoms with Crippen LogP contribution < -0.4 is 5.32 Å². The van der Waals surface area contributed by atoms with Gasteiger partial charge in [0.05, 0.1) is 18.6 Å². The highest BCUT2D eigenvalue weighted by atomic mass is 16.5. The van der Waals surface area contributed by atoms with E-state index in [2.05, 4.69) is 5.32 Å². The van der Waals surface area contributed by atoms with Crippen molar-refractivity contribution in [3.8, 4) is 0 Å². The molecule has 23 heavy (non-hydrogen) atoms. The summed E-state index contributed by atoms with van der Waals surface area (Å²) < 4.78 is 5.90. The Bertz CT molecular complexity index is 518. The number of nitrogens with one attached hydrogen (secondary N) is 1. The average molecular weight is 318 g/mol. The van der Waals surface area contributed by atoms with Crippen LogP contribution in [0.1, 0.15) is 38.4 Å². The van der Waals surface area contributed by atoms with Gasteiger partial charge in [-0.05, 0) is 32.3 Å². The van der Waals surface area contributed by atoms with Gasteiger partial charge in [-0.3, -0.25) is 9.59 Å². The molecule has 1 aromatic rings. The van der Waals surface area contributed by atoms with E-state index in [1.54, 1.807) is 4.90 Å². The summed E-state index contributed by atoms with van der Waals surface area (Å²) in [6, 6.07) is 9.87. The number of likely N-dealkylation sites (N-methyl/N-ethyl adjacent to an activating group) is 2. The molecule has 5 heteroatoms. The zero-order valence-electron chi connectivity index (χ0n) is 14.0. The number of hydrogen-bond donors (Lipinski definition) is 1. The van der Waals surface area contributed by atoms with E-state index in [9.17, 15) is 9.59 Å². The van der Waals surface area contributed by atoms with Gasteiger partial charge in [-0.1, -0.05) is 30.3 Å². The topological polar surface area (TPSA) is 58.6 Å². The highest BCUT2D eigenvalue weighted by molar-refractivity contribution is 5.86. The lowest BCUT2D eigenvalue weighted by Crippen LogP contribution is -2.45. The largest absolute Gasteiger partial charge is 0.373 e. The minimum atomic E-state index is -0.222. The zero-order valence-corrected chi connectivity index (χ0v) is 14.0. The van der Waals surface area contributed by atoms with E-state index >= 15 is 0 Å².